The normalized spacial score (nSPS) is 37.4. The fraction of sp³-hybridized carbons (Fsp3) is 0.950. The molecule has 0 aromatic rings. The third-order valence-corrected chi connectivity index (χ3v) is 9.13. The molecule has 3 saturated carbocycles. The molecule has 0 aromatic heterocycles. The molecule has 0 heterocycles. The Morgan fingerprint density at radius 2 is 1.64 bits per heavy atom. The van der Waals surface area contributed by atoms with Crippen molar-refractivity contribution >= 4 is 27.5 Å². The highest BCUT2D eigenvalue weighted by molar-refractivity contribution is 7.90. The Kier molecular flexibility index (Phi) is 8.05. The molecule has 28 heavy (non-hydrogen) atoms. The second kappa shape index (κ2) is 10.1. The molecule has 8 heteroatoms. The minimum absolute atomic E-state index is 0.00295. The Labute approximate surface area is 174 Å². The van der Waals surface area contributed by atoms with Crippen molar-refractivity contribution in [2.75, 3.05) is 7.11 Å². The highest BCUT2D eigenvalue weighted by atomic mass is 35.5. The zero-order chi connectivity index (χ0) is 20.1. The minimum atomic E-state index is -3.37. The van der Waals surface area contributed by atoms with Crippen molar-refractivity contribution in [2.24, 2.45) is 5.92 Å². The van der Waals surface area contributed by atoms with Crippen molar-refractivity contribution < 1.29 is 17.9 Å². The van der Waals surface area contributed by atoms with Gasteiger partial charge in [-0.25, -0.2) is 13.1 Å². The van der Waals surface area contributed by atoms with Crippen molar-refractivity contribution in [3.05, 3.63) is 0 Å². The van der Waals surface area contributed by atoms with E-state index in [0.717, 1.165) is 64.2 Å². The Morgan fingerprint density at radius 3 is 2.36 bits per heavy atom. The van der Waals surface area contributed by atoms with Crippen LogP contribution in [0, 0.1) is 5.92 Å². The average molecular weight is 435 g/mol. The summed E-state index contributed by atoms with van der Waals surface area (Å²) < 4.78 is 34.1. The largest absolute Gasteiger partial charge is 0.381 e. The molecule has 3 rings (SSSR count). The van der Waals surface area contributed by atoms with Gasteiger partial charge in [-0.1, -0.05) is 12.8 Å². The quantitative estimate of drug-likeness (QED) is 0.629. The zero-order valence-electron chi connectivity index (χ0n) is 16.9. The molecule has 3 fully saturated rings. The molecular weight excluding hydrogens is 400 g/mol. The predicted octanol–water partition coefficient (Wildman–Crippen LogP) is 3.09. The van der Waals surface area contributed by atoms with Crippen molar-refractivity contribution in [3.8, 4) is 0 Å². The number of alkyl halides is 1. The van der Waals surface area contributed by atoms with Crippen LogP contribution in [0.4, 0.5) is 0 Å². The average Bonchev–Trinajstić information content (AvgIpc) is 2.70. The molecule has 3 aliphatic rings. The van der Waals surface area contributed by atoms with Gasteiger partial charge >= 0.3 is 0 Å². The molecule has 0 aliphatic heterocycles. The van der Waals surface area contributed by atoms with Crippen LogP contribution in [0.15, 0.2) is 0 Å². The number of sulfonamides is 1. The molecule has 4 atom stereocenters. The fourth-order valence-corrected chi connectivity index (χ4v) is 7.08. The lowest BCUT2D eigenvalue weighted by molar-refractivity contribution is -0.128. The van der Waals surface area contributed by atoms with Gasteiger partial charge in [0.2, 0.25) is 15.9 Å². The highest BCUT2D eigenvalue weighted by Crippen LogP contribution is 2.29. The summed E-state index contributed by atoms with van der Waals surface area (Å²) in [4.78, 5) is 12.7. The summed E-state index contributed by atoms with van der Waals surface area (Å²) in [5, 5.41) is 2.90. The standard InChI is InChI=1S/C20H35ClN2O4S/c1-27-18-6-2-4-14(12-18)20(24)22-17-5-3-7-19(13-17)28(25,26)23-16-10-8-15(21)9-11-16/h14-19,23H,2-13H2,1H3,(H,22,24). The maximum atomic E-state index is 12.9. The van der Waals surface area contributed by atoms with Gasteiger partial charge in [-0.2, -0.15) is 0 Å². The molecule has 0 aromatic carbocycles. The molecular formula is C20H35ClN2O4S. The van der Waals surface area contributed by atoms with Gasteiger partial charge in [0.05, 0.1) is 11.4 Å². The number of methoxy groups -OCH3 is 1. The van der Waals surface area contributed by atoms with Gasteiger partial charge < -0.3 is 10.1 Å². The van der Waals surface area contributed by atoms with Crippen LogP contribution >= 0.6 is 11.6 Å². The maximum absolute atomic E-state index is 12.9. The number of hydrogen-bond acceptors (Lipinski definition) is 4. The summed E-state index contributed by atoms with van der Waals surface area (Å²) in [5.41, 5.74) is 0. The topological polar surface area (TPSA) is 84.5 Å². The number of halogens is 1. The molecule has 0 saturated heterocycles. The molecule has 6 nitrogen and oxygen atoms in total. The van der Waals surface area contributed by atoms with E-state index in [9.17, 15) is 13.2 Å². The number of amides is 1. The third kappa shape index (κ3) is 6.07. The smallest absolute Gasteiger partial charge is 0.223 e. The molecule has 162 valence electrons. The first kappa shape index (κ1) is 22.3. The SMILES string of the molecule is COC1CCCC(C(=O)NC2CCCC(S(=O)(=O)NC3CCC(Cl)CC3)C2)C1. The van der Waals surface area contributed by atoms with Gasteiger partial charge in [-0.05, 0) is 64.2 Å². The van der Waals surface area contributed by atoms with Gasteiger partial charge in [0, 0.05) is 30.5 Å². The van der Waals surface area contributed by atoms with E-state index < -0.39 is 15.3 Å². The van der Waals surface area contributed by atoms with Crippen molar-refractivity contribution in [2.45, 2.75) is 106 Å². The molecule has 1 amide bonds. The predicted molar refractivity (Wildman–Crippen MR) is 111 cm³/mol. The number of ether oxygens (including phenoxy) is 1. The van der Waals surface area contributed by atoms with Gasteiger partial charge in [0.1, 0.15) is 0 Å². The Hall–Kier alpha value is -0.370. The van der Waals surface area contributed by atoms with Crippen LogP contribution in [0.2, 0.25) is 0 Å². The second-order valence-corrected chi connectivity index (χ2v) is 11.4. The minimum Gasteiger partial charge on any atom is -0.381 e. The van der Waals surface area contributed by atoms with E-state index in [1.54, 1.807) is 7.11 Å². The van der Waals surface area contributed by atoms with E-state index in [1.807, 2.05) is 0 Å². The lowest BCUT2D eigenvalue weighted by Crippen LogP contribution is -2.49. The number of hydrogen-bond donors (Lipinski definition) is 2. The molecule has 3 aliphatic carbocycles. The molecule has 0 bridgehead atoms. The lowest BCUT2D eigenvalue weighted by atomic mass is 9.86. The maximum Gasteiger partial charge on any atom is 0.223 e. The van der Waals surface area contributed by atoms with Crippen molar-refractivity contribution in [1.82, 2.24) is 10.0 Å². The highest BCUT2D eigenvalue weighted by Gasteiger charge is 2.36. The second-order valence-electron chi connectivity index (χ2n) is 8.83. The fourth-order valence-electron chi connectivity index (χ4n) is 4.97. The number of rotatable bonds is 6. The first-order valence-electron chi connectivity index (χ1n) is 10.9. The van der Waals surface area contributed by atoms with Gasteiger partial charge in [-0.15, -0.1) is 11.6 Å². The van der Waals surface area contributed by atoms with E-state index in [2.05, 4.69) is 10.0 Å². The van der Waals surface area contributed by atoms with Crippen molar-refractivity contribution in [3.63, 3.8) is 0 Å². The van der Waals surface area contributed by atoms with Crippen LogP contribution in [-0.2, 0) is 19.6 Å². The summed E-state index contributed by atoms with van der Waals surface area (Å²) in [5.74, 6) is 0.0535. The third-order valence-electron chi connectivity index (χ3n) is 6.73. The van der Waals surface area contributed by atoms with Gasteiger partial charge in [0.15, 0.2) is 0 Å². The van der Waals surface area contributed by atoms with E-state index >= 15 is 0 Å². The number of carbonyl (C=O) groups excluding carboxylic acids is 1. The monoisotopic (exact) mass is 434 g/mol. The summed E-state index contributed by atoms with van der Waals surface area (Å²) in [7, 11) is -1.67. The Balaban J connectivity index is 1.51. The van der Waals surface area contributed by atoms with Crippen LogP contribution in [0.3, 0.4) is 0 Å². The summed E-state index contributed by atoms with van der Waals surface area (Å²) >= 11 is 6.13. The van der Waals surface area contributed by atoms with Gasteiger partial charge in [-0.3, -0.25) is 4.79 Å². The Bertz CT molecular complexity index is 622. The lowest BCUT2D eigenvalue weighted by Gasteiger charge is -2.34. The molecule has 2 N–H and O–H groups in total. The van der Waals surface area contributed by atoms with Crippen LogP contribution in [0.5, 0.6) is 0 Å². The van der Waals surface area contributed by atoms with E-state index in [-0.39, 0.29) is 35.4 Å². The zero-order valence-corrected chi connectivity index (χ0v) is 18.4. The van der Waals surface area contributed by atoms with E-state index in [0.29, 0.717) is 12.8 Å². The van der Waals surface area contributed by atoms with Crippen LogP contribution < -0.4 is 10.0 Å². The first-order chi connectivity index (χ1) is 13.4. The van der Waals surface area contributed by atoms with Crippen LogP contribution in [-0.4, -0.2) is 50.2 Å². The summed E-state index contributed by atoms with van der Waals surface area (Å²) in [6.07, 6.45) is 10.0. The molecule has 0 radical (unpaired) electrons. The van der Waals surface area contributed by atoms with E-state index in [4.69, 9.17) is 16.3 Å². The van der Waals surface area contributed by atoms with Gasteiger partial charge in [0.25, 0.3) is 0 Å². The molecule has 4 unspecified atom stereocenters. The first-order valence-corrected chi connectivity index (χ1v) is 12.8. The van der Waals surface area contributed by atoms with Crippen LogP contribution in [0.1, 0.15) is 77.0 Å². The summed E-state index contributed by atoms with van der Waals surface area (Å²) in [6.45, 7) is 0. The van der Waals surface area contributed by atoms with Crippen LogP contribution in [0.25, 0.3) is 0 Å². The summed E-state index contributed by atoms with van der Waals surface area (Å²) in [6, 6.07) is -0.0486. The molecule has 0 spiro atoms. The van der Waals surface area contributed by atoms with E-state index in [1.165, 1.54) is 0 Å². The number of carbonyl (C=O) groups is 1. The number of nitrogens with one attached hydrogen (secondary N) is 2. The van der Waals surface area contributed by atoms with Crippen molar-refractivity contribution in [1.29, 1.82) is 0 Å². The Morgan fingerprint density at radius 1 is 0.929 bits per heavy atom.